The molecule has 0 saturated carbocycles. The topological polar surface area (TPSA) is 44.7 Å². The summed E-state index contributed by atoms with van der Waals surface area (Å²) >= 11 is 5.93. The molecule has 2 aromatic carbocycles. The van der Waals surface area contributed by atoms with Crippen molar-refractivity contribution in [3.05, 3.63) is 70.2 Å². The van der Waals surface area contributed by atoms with E-state index in [2.05, 4.69) is 27.6 Å². The number of hydrazone groups is 1. The number of carbonyl (C=O) groups excluding carboxylic acids is 1. The van der Waals surface area contributed by atoms with Gasteiger partial charge in [-0.15, -0.1) is 0 Å². The van der Waals surface area contributed by atoms with Crippen molar-refractivity contribution < 1.29 is 4.79 Å². The summed E-state index contributed by atoms with van der Waals surface area (Å²) in [6, 6.07) is 15.9. The zero-order valence-corrected chi connectivity index (χ0v) is 15.7. The van der Waals surface area contributed by atoms with E-state index in [0.717, 1.165) is 48.6 Å². The van der Waals surface area contributed by atoms with Crippen LogP contribution in [-0.2, 0) is 11.3 Å². The van der Waals surface area contributed by atoms with Crippen LogP contribution in [0.25, 0.3) is 0 Å². The highest BCUT2D eigenvalue weighted by Gasteiger charge is 2.24. The third-order valence-electron chi connectivity index (χ3n) is 4.84. The number of rotatable bonds is 5. The summed E-state index contributed by atoms with van der Waals surface area (Å²) < 4.78 is 0. The number of nitrogens with one attached hydrogen (secondary N) is 1. The van der Waals surface area contributed by atoms with Gasteiger partial charge in [-0.05, 0) is 61.7 Å². The van der Waals surface area contributed by atoms with Crippen LogP contribution in [0.15, 0.2) is 53.6 Å². The van der Waals surface area contributed by atoms with Gasteiger partial charge in [-0.1, -0.05) is 48.0 Å². The van der Waals surface area contributed by atoms with Crippen molar-refractivity contribution >= 4 is 23.7 Å². The molecule has 0 aliphatic carbocycles. The van der Waals surface area contributed by atoms with E-state index in [1.165, 1.54) is 5.56 Å². The second kappa shape index (κ2) is 8.97. The number of halogens is 1. The number of benzene rings is 2. The molecule has 5 heteroatoms. The van der Waals surface area contributed by atoms with Crippen molar-refractivity contribution in [2.75, 3.05) is 13.1 Å². The van der Waals surface area contributed by atoms with Gasteiger partial charge in [0.1, 0.15) is 0 Å². The summed E-state index contributed by atoms with van der Waals surface area (Å²) in [5.74, 6) is 0.0477. The molecule has 1 saturated heterocycles. The van der Waals surface area contributed by atoms with Crippen molar-refractivity contribution in [2.24, 2.45) is 11.0 Å². The SMILES string of the molecule is Cc1ccccc1C=NNC(=O)C1CCN(Cc2ccc(Cl)cc2)CC1. The van der Waals surface area contributed by atoms with E-state index in [1.807, 2.05) is 43.3 Å². The highest BCUT2D eigenvalue weighted by atomic mass is 35.5. The first-order chi connectivity index (χ1) is 12.6. The van der Waals surface area contributed by atoms with Crippen molar-refractivity contribution in [1.82, 2.24) is 10.3 Å². The van der Waals surface area contributed by atoms with Gasteiger partial charge in [-0.25, -0.2) is 5.43 Å². The molecular weight excluding hydrogens is 346 g/mol. The maximum atomic E-state index is 12.3. The van der Waals surface area contributed by atoms with Crippen molar-refractivity contribution in [2.45, 2.75) is 26.3 Å². The van der Waals surface area contributed by atoms with Crippen LogP contribution < -0.4 is 5.43 Å². The molecule has 0 bridgehead atoms. The van der Waals surface area contributed by atoms with Gasteiger partial charge >= 0.3 is 0 Å². The van der Waals surface area contributed by atoms with Crippen LogP contribution >= 0.6 is 11.6 Å². The summed E-state index contributed by atoms with van der Waals surface area (Å²) in [5, 5.41) is 4.88. The van der Waals surface area contributed by atoms with Gasteiger partial charge in [0.25, 0.3) is 0 Å². The van der Waals surface area contributed by atoms with E-state index in [0.29, 0.717) is 0 Å². The van der Waals surface area contributed by atoms with Crippen LogP contribution in [0.4, 0.5) is 0 Å². The molecule has 0 radical (unpaired) electrons. The maximum Gasteiger partial charge on any atom is 0.243 e. The Labute approximate surface area is 159 Å². The minimum Gasteiger partial charge on any atom is -0.299 e. The van der Waals surface area contributed by atoms with Gasteiger partial charge in [0.15, 0.2) is 0 Å². The Balaban J connectivity index is 1.44. The Morgan fingerprint density at radius 3 is 2.58 bits per heavy atom. The number of hydrogen-bond acceptors (Lipinski definition) is 3. The molecule has 26 heavy (non-hydrogen) atoms. The van der Waals surface area contributed by atoms with Gasteiger partial charge in [0.2, 0.25) is 5.91 Å². The molecule has 1 N–H and O–H groups in total. The predicted molar refractivity (Wildman–Crippen MR) is 106 cm³/mol. The van der Waals surface area contributed by atoms with E-state index >= 15 is 0 Å². The molecule has 0 unspecified atom stereocenters. The summed E-state index contributed by atoms with van der Waals surface area (Å²) in [6.45, 7) is 4.76. The van der Waals surface area contributed by atoms with E-state index in [-0.39, 0.29) is 11.8 Å². The smallest absolute Gasteiger partial charge is 0.243 e. The average molecular weight is 370 g/mol. The van der Waals surface area contributed by atoms with Gasteiger partial charge in [0.05, 0.1) is 6.21 Å². The van der Waals surface area contributed by atoms with E-state index < -0.39 is 0 Å². The van der Waals surface area contributed by atoms with Crippen LogP contribution in [0, 0.1) is 12.8 Å². The summed E-state index contributed by atoms with van der Waals surface area (Å²) in [6.07, 6.45) is 3.43. The predicted octanol–water partition coefficient (Wildman–Crippen LogP) is 4.01. The lowest BCUT2D eigenvalue weighted by atomic mass is 9.96. The number of amides is 1. The van der Waals surface area contributed by atoms with Crippen LogP contribution in [0.2, 0.25) is 5.02 Å². The molecule has 0 atom stereocenters. The molecule has 1 fully saturated rings. The highest BCUT2D eigenvalue weighted by molar-refractivity contribution is 6.30. The quantitative estimate of drug-likeness (QED) is 0.639. The maximum absolute atomic E-state index is 12.3. The zero-order valence-electron chi connectivity index (χ0n) is 15.0. The minimum atomic E-state index is 0.0148. The fourth-order valence-electron chi connectivity index (χ4n) is 3.19. The normalized spacial score (nSPS) is 16.1. The number of nitrogens with zero attached hydrogens (tertiary/aromatic N) is 2. The Hall–Kier alpha value is -2.17. The number of piperidine rings is 1. The second-order valence-electron chi connectivity index (χ2n) is 6.77. The van der Waals surface area contributed by atoms with E-state index in [9.17, 15) is 4.79 Å². The number of hydrogen-bond donors (Lipinski definition) is 1. The van der Waals surface area contributed by atoms with Crippen molar-refractivity contribution in [3.8, 4) is 0 Å². The van der Waals surface area contributed by atoms with Gasteiger partial charge < -0.3 is 0 Å². The fourth-order valence-corrected chi connectivity index (χ4v) is 3.32. The minimum absolute atomic E-state index is 0.0148. The first-order valence-corrected chi connectivity index (χ1v) is 9.35. The molecule has 4 nitrogen and oxygen atoms in total. The summed E-state index contributed by atoms with van der Waals surface area (Å²) in [4.78, 5) is 14.7. The zero-order chi connectivity index (χ0) is 18.4. The molecule has 1 aliphatic heterocycles. The Kier molecular flexibility index (Phi) is 6.42. The van der Waals surface area contributed by atoms with Crippen LogP contribution in [0.5, 0.6) is 0 Å². The van der Waals surface area contributed by atoms with Crippen LogP contribution in [0.1, 0.15) is 29.5 Å². The fraction of sp³-hybridized carbons (Fsp3) is 0.333. The monoisotopic (exact) mass is 369 g/mol. The Bertz CT molecular complexity index is 765. The summed E-state index contributed by atoms with van der Waals surface area (Å²) in [5.41, 5.74) is 6.11. The van der Waals surface area contributed by atoms with Gasteiger partial charge in [-0.3, -0.25) is 9.69 Å². The first-order valence-electron chi connectivity index (χ1n) is 8.97. The number of aryl methyl sites for hydroxylation is 1. The van der Waals surface area contributed by atoms with E-state index in [1.54, 1.807) is 6.21 Å². The molecule has 2 aromatic rings. The number of carbonyl (C=O) groups is 1. The molecular formula is C21H24ClN3O. The third-order valence-corrected chi connectivity index (χ3v) is 5.10. The lowest BCUT2D eigenvalue weighted by Crippen LogP contribution is -2.39. The van der Waals surface area contributed by atoms with Crippen molar-refractivity contribution in [1.29, 1.82) is 0 Å². The Morgan fingerprint density at radius 2 is 1.88 bits per heavy atom. The standard InChI is InChI=1S/C21H24ClN3O/c1-16-4-2-3-5-19(16)14-23-24-21(26)18-10-12-25(13-11-18)15-17-6-8-20(22)9-7-17/h2-9,14,18H,10-13,15H2,1H3,(H,24,26). The van der Waals surface area contributed by atoms with Crippen molar-refractivity contribution in [3.63, 3.8) is 0 Å². The largest absolute Gasteiger partial charge is 0.299 e. The number of likely N-dealkylation sites (tertiary alicyclic amines) is 1. The molecule has 0 spiro atoms. The van der Waals surface area contributed by atoms with E-state index in [4.69, 9.17) is 11.6 Å². The van der Waals surface area contributed by atoms with Gasteiger partial charge in [0, 0.05) is 17.5 Å². The molecule has 0 aromatic heterocycles. The summed E-state index contributed by atoms with van der Waals surface area (Å²) in [7, 11) is 0. The molecule has 1 amide bonds. The average Bonchev–Trinajstić information content (AvgIpc) is 2.66. The lowest BCUT2D eigenvalue weighted by molar-refractivity contribution is -0.126. The van der Waals surface area contributed by atoms with Crippen LogP contribution in [-0.4, -0.2) is 30.1 Å². The molecule has 136 valence electrons. The molecule has 1 heterocycles. The van der Waals surface area contributed by atoms with Crippen LogP contribution in [0.3, 0.4) is 0 Å². The van der Waals surface area contributed by atoms with Gasteiger partial charge in [-0.2, -0.15) is 5.10 Å². The highest BCUT2D eigenvalue weighted by Crippen LogP contribution is 2.20. The third kappa shape index (κ3) is 5.16. The molecule has 3 rings (SSSR count). The first kappa shape index (κ1) is 18.6. The second-order valence-corrected chi connectivity index (χ2v) is 7.20. The lowest BCUT2D eigenvalue weighted by Gasteiger charge is -2.30. The molecule has 1 aliphatic rings. The Morgan fingerprint density at radius 1 is 1.19 bits per heavy atom.